The van der Waals surface area contributed by atoms with Crippen molar-refractivity contribution < 1.29 is 18.6 Å². The molecule has 0 aliphatic rings. The summed E-state index contributed by atoms with van der Waals surface area (Å²) in [6.45, 7) is 12.2. The molecule has 0 aromatic heterocycles. The molecule has 0 aromatic rings. The van der Waals surface area contributed by atoms with Crippen LogP contribution in [0.4, 0.5) is 0 Å². The molecule has 32 heavy (non-hydrogen) atoms. The summed E-state index contributed by atoms with van der Waals surface area (Å²) >= 11 is 0. The van der Waals surface area contributed by atoms with Crippen LogP contribution in [0.1, 0.15) is 137 Å². The number of phosphoric ester groups is 1. The number of hydrogen-bond donors (Lipinski definition) is 2. The van der Waals surface area contributed by atoms with Gasteiger partial charge in [0.25, 0.3) is 0 Å². The lowest BCUT2D eigenvalue weighted by Crippen LogP contribution is -2.17. The van der Waals surface area contributed by atoms with Gasteiger partial charge in [-0.1, -0.05) is 118 Å². The van der Waals surface area contributed by atoms with E-state index in [1.807, 2.05) is 0 Å². The fraction of sp³-hybridized carbons (Fsp3) is 1.00. The minimum absolute atomic E-state index is 0.304. The molecule has 0 spiro atoms. The molecule has 194 valence electrons. The van der Waals surface area contributed by atoms with E-state index in [1.165, 1.54) is 70.6 Å². The number of hydrogen-bond acceptors (Lipinski definition) is 4. The lowest BCUT2D eigenvalue weighted by atomic mass is 9.92. The Bertz CT molecular complexity index is 450. The van der Waals surface area contributed by atoms with E-state index >= 15 is 0 Å². The first kappa shape index (κ1) is 32.1. The molecular weight excluding hydrogens is 421 g/mol. The molecule has 2 N–H and O–H groups in total. The Balaban J connectivity index is 4.21. The van der Waals surface area contributed by atoms with Crippen LogP contribution in [-0.4, -0.2) is 18.0 Å². The van der Waals surface area contributed by atoms with Crippen molar-refractivity contribution in [3.63, 3.8) is 0 Å². The first-order valence-electron chi connectivity index (χ1n) is 13.7. The normalized spacial score (nSPS) is 16.6. The van der Waals surface area contributed by atoms with E-state index in [-0.39, 0.29) is 0 Å². The molecule has 0 rings (SSSR count). The van der Waals surface area contributed by atoms with Gasteiger partial charge in [0.05, 0.1) is 6.61 Å². The molecule has 0 radical (unpaired) electrons. The first-order chi connectivity index (χ1) is 15.3. The molecule has 0 saturated carbocycles. The predicted molar refractivity (Wildman–Crippen MR) is 138 cm³/mol. The number of unbranched alkanes of at least 4 members (excludes halogenated alkanes) is 7. The third kappa shape index (κ3) is 20.7. The van der Waals surface area contributed by atoms with Crippen LogP contribution < -0.4 is 5.48 Å². The van der Waals surface area contributed by atoms with E-state index in [9.17, 15) is 9.46 Å². The lowest BCUT2D eigenvalue weighted by molar-refractivity contribution is 0.0824. The fourth-order valence-electron chi connectivity index (χ4n) is 3.91. The summed E-state index contributed by atoms with van der Waals surface area (Å²) in [4.78, 5) is 10.0. The number of phosphoric acid groups is 1. The minimum atomic E-state index is -4.04. The van der Waals surface area contributed by atoms with Crippen LogP contribution in [0, 0.1) is 17.8 Å². The van der Waals surface area contributed by atoms with Crippen molar-refractivity contribution in [2.24, 2.45) is 17.8 Å². The highest BCUT2D eigenvalue weighted by atomic mass is 31.2. The molecule has 5 nitrogen and oxygen atoms in total. The summed E-state index contributed by atoms with van der Waals surface area (Å²) in [5.74, 6) is 1.88. The van der Waals surface area contributed by atoms with Crippen molar-refractivity contribution in [2.45, 2.75) is 137 Å². The van der Waals surface area contributed by atoms with Gasteiger partial charge >= 0.3 is 7.82 Å². The molecule has 0 heterocycles. The van der Waals surface area contributed by atoms with Gasteiger partial charge in [-0.15, -0.1) is 0 Å². The molecule has 4 atom stereocenters. The Morgan fingerprint density at radius 1 is 0.750 bits per heavy atom. The van der Waals surface area contributed by atoms with Crippen LogP contribution in [0.5, 0.6) is 0 Å². The Morgan fingerprint density at radius 3 is 1.94 bits per heavy atom. The highest BCUT2D eigenvalue weighted by molar-refractivity contribution is 7.47. The smallest absolute Gasteiger partial charge is 0.301 e. The second-order valence-corrected chi connectivity index (χ2v) is 11.4. The van der Waals surface area contributed by atoms with Crippen LogP contribution >= 0.6 is 7.82 Å². The predicted octanol–water partition coefficient (Wildman–Crippen LogP) is 8.81. The second kappa shape index (κ2) is 21.6. The highest BCUT2D eigenvalue weighted by Gasteiger charge is 2.23. The summed E-state index contributed by atoms with van der Waals surface area (Å²) in [6, 6.07) is 0. The highest BCUT2D eigenvalue weighted by Crippen LogP contribution is 2.43. The summed E-state index contributed by atoms with van der Waals surface area (Å²) in [5.41, 5.74) is 2.64. The summed E-state index contributed by atoms with van der Waals surface area (Å²) < 4.78 is 22.6. The van der Waals surface area contributed by atoms with Crippen LogP contribution in [-0.2, 0) is 13.7 Å². The molecule has 4 unspecified atom stereocenters. The summed E-state index contributed by atoms with van der Waals surface area (Å²) in [6.07, 6.45) is 19.0. The number of nitrogens with one attached hydrogen (secondary N) is 1. The Labute approximate surface area is 200 Å². The average molecular weight is 478 g/mol. The van der Waals surface area contributed by atoms with Crippen molar-refractivity contribution in [2.75, 3.05) is 13.2 Å². The van der Waals surface area contributed by atoms with E-state index in [4.69, 9.17) is 9.15 Å². The van der Waals surface area contributed by atoms with Crippen molar-refractivity contribution in [3.8, 4) is 0 Å². The molecule has 0 saturated heterocycles. The molecule has 6 heteroatoms. The van der Waals surface area contributed by atoms with Crippen LogP contribution in [0.2, 0.25) is 0 Å². The molecule has 0 amide bonds. The maximum atomic E-state index is 12.3. The van der Waals surface area contributed by atoms with Gasteiger partial charge in [-0.25, -0.2) is 4.57 Å². The van der Waals surface area contributed by atoms with Crippen molar-refractivity contribution in [1.29, 1.82) is 0 Å². The van der Waals surface area contributed by atoms with Crippen LogP contribution in [0.3, 0.4) is 0 Å². The van der Waals surface area contributed by atoms with Crippen molar-refractivity contribution >= 4 is 7.82 Å². The van der Waals surface area contributed by atoms with Gasteiger partial charge in [0, 0.05) is 6.54 Å². The van der Waals surface area contributed by atoms with Gasteiger partial charge in [-0.2, -0.15) is 10.1 Å². The first-order valence-corrected chi connectivity index (χ1v) is 15.2. The van der Waals surface area contributed by atoms with Gasteiger partial charge in [-0.3, -0.25) is 4.52 Å². The van der Waals surface area contributed by atoms with Crippen LogP contribution in [0.15, 0.2) is 0 Å². The Kier molecular flexibility index (Phi) is 21.6. The van der Waals surface area contributed by atoms with Gasteiger partial charge in [-0.05, 0) is 37.0 Å². The largest absolute Gasteiger partial charge is 0.488 e. The zero-order chi connectivity index (χ0) is 24.1. The van der Waals surface area contributed by atoms with Crippen molar-refractivity contribution in [1.82, 2.24) is 5.48 Å². The SMILES string of the molecule is CCCCCCCCNOP(=O)(O)OCC(CCCCCC(C)CC)CCCC(C)CC. The summed E-state index contributed by atoms with van der Waals surface area (Å²) in [5, 5.41) is 0. The molecular formula is C26H56NO4P. The van der Waals surface area contributed by atoms with Gasteiger partial charge in [0.15, 0.2) is 0 Å². The second-order valence-electron chi connectivity index (χ2n) is 9.98. The Hall–Kier alpha value is 0.0700. The maximum absolute atomic E-state index is 12.3. The minimum Gasteiger partial charge on any atom is -0.301 e. The maximum Gasteiger partial charge on any atom is 0.488 e. The third-order valence-electron chi connectivity index (χ3n) is 6.80. The van der Waals surface area contributed by atoms with E-state index in [0.29, 0.717) is 19.1 Å². The molecule has 0 aliphatic carbocycles. The standard InChI is InChI=1S/C26H56NO4P/c1-6-9-10-11-12-16-22-27-31-32(28,29)30-23-26(21-17-19-25(5)8-3)20-15-13-14-18-24(4)7-2/h24-27H,6-23H2,1-5H3,(H,28,29). The zero-order valence-electron chi connectivity index (χ0n) is 22.1. The number of rotatable bonds is 24. The van der Waals surface area contributed by atoms with Gasteiger partial charge < -0.3 is 4.89 Å². The quantitative estimate of drug-likeness (QED) is 0.0825. The van der Waals surface area contributed by atoms with Crippen molar-refractivity contribution in [3.05, 3.63) is 0 Å². The van der Waals surface area contributed by atoms with E-state index < -0.39 is 7.82 Å². The zero-order valence-corrected chi connectivity index (χ0v) is 23.0. The summed E-state index contributed by atoms with van der Waals surface area (Å²) in [7, 11) is -4.04. The van der Waals surface area contributed by atoms with E-state index in [1.54, 1.807) is 0 Å². The molecule has 0 aliphatic heterocycles. The van der Waals surface area contributed by atoms with Crippen LogP contribution in [0.25, 0.3) is 0 Å². The Morgan fingerprint density at radius 2 is 1.28 bits per heavy atom. The average Bonchev–Trinajstić information content (AvgIpc) is 2.78. The molecule has 0 bridgehead atoms. The molecule has 0 aromatic carbocycles. The topological polar surface area (TPSA) is 67.8 Å². The van der Waals surface area contributed by atoms with E-state index in [0.717, 1.165) is 43.9 Å². The fourth-order valence-corrected chi connectivity index (χ4v) is 4.61. The lowest BCUT2D eigenvalue weighted by Gasteiger charge is -2.20. The monoisotopic (exact) mass is 477 g/mol. The van der Waals surface area contributed by atoms with Gasteiger partial charge in [0.1, 0.15) is 0 Å². The molecule has 0 fully saturated rings. The number of hydroxylamine groups is 1. The third-order valence-corrected chi connectivity index (χ3v) is 7.63. The van der Waals surface area contributed by atoms with Gasteiger partial charge in [0.2, 0.25) is 0 Å². The van der Waals surface area contributed by atoms with E-state index in [2.05, 4.69) is 40.1 Å².